The molecule has 0 spiro atoms. The van der Waals surface area contributed by atoms with Gasteiger partial charge in [-0.3, -0.25) is 0 Å². The average Bonchev–Trinajstić information content (AvgIpc) is 3.54. The maximum absolute atomic E-state index is 2.56. The van der Waals surface area contributed by atoms with Gasteiger partial charge >= 0.3 is 0 Å². The zero-order valence-electron chi connectivity index (χ0n) is 34.1. The van der Waals surface area contributed by atoms with Gasteiger partial charge in [-0.05, 0) is 155 Å². The summed E-state index contributed by atoms with van der Waals surface area (Å²) in [6.07, 6.45) is 0. The van der Waals surface area contributed by atoms with Crippen LogP contribution in [0.4, 0.5) is 0 Å². The Labute approximate surface area is 355 Å². The van der Waals surface area contributed by atoms with Crippen molar-refractivity contribution < 1.29 is 0 Å². The Morgan fingerprint density at radius 3 is 1.26 bits per heavy atom. The Bertz CT molecular complexity index is 3770. The molecule has 0 heteroatoms. The molecule has 0 aromatic heterocycles. The van der Waals surface area contributed by atoms with E-state index in [0.717, 1.165) is 0 Å². The van der Waals surface area contributed by atoms with E-state index in [4.69, 9.17) is 0 Å². The summed E-state index contributed by atoms with van der Waals surface area (Å²) in [5.41, 5.74) is 12.9. The van der Waals surface area contributed by atoms with Crippen molar-refractivity contribution in [3.63, 3.8) is 0 Å². The van der Waals surface area contributed by atoms with Crippen LogP contribution in [0.1, 0.15) is 25.0 Å². The van der Waals surface area contributed by atoms with E-state index in [-0.39, 0.29) is 5.41 Å². The summed E-state index contributed by atoms with van der Waals surface area (Å²) in [4.78, 5) is 0. The molecule has 0 fully saturated rings. The molecule has 1 aliphatic rings. The molecule has 12 aromatic rings. The van der Waals surface area contributed by atoms with Crippen LogP contribution >= 0.6 is 0 Å². The topological polar surface area (TPSA) is 0 Å². The van der Waals surface area contributed by atoms with Gasteiger partial charge in [0.1, 0.15) is 0 Å². The number of fused-ring (bicyclic) bond motifs is 14. The number of rotatable bonds is 3. The normalized spacial score (nSPS) is 13.2. The fourth-order valence-electron chi connectivity index (χ4n) is 11.1. The predicted molar refractivity (Wildman–Crippen MR) is 263 cm³/mol. The third-order valence-corrected chi connectivity index (χ3v) is 14.0. The first-order valence-electron chi connectivity index (χ1n) is 21.5. The highest BCUT2D eigenvalue weighted by atomic mass is 14.4. The van der Waals surface area contributed by atoms with Crippen LogP contribution in [-0.4, -0.2) is 0 Å². The molecule has 1 aliphatic carbocycles. The van der Waals surface area contributed by atoms with Crippen molar-refractivity contribution in [1.29, 1.82) is 0 Å². The monoisotopic (exact) mass is 772 g/mol. The predicted octanol–water partition coefficient (Wildman–Crippen LogP) is 17.1. The van der Waals surface area contributed by atoms with Crippen LogP contribution in [-0.2, 0) is 5.41 Å². The second-order valence-electron chi connectivity index (χ2n) is 17.5. The maximum atomic E-state index is 2.56. The lowest BCUT2D eigenvalue weighted by atomic mass is 9.78. The van der Waals surface area contributed by atoms with Gasteiger partial charge in [-0.1, -0.05) is 196 Å². The lowest BCUT2D eigenvalue weighted by Gasteiger charge is -2.24. The van der Waals surface area contributed by atoms with Crippen molar-refractivity contribution in [2.45, 2.75) is 19.3 Å². The molecule has 0 amide bonds. The zero-order chi connectivity index (χ0) is 40.4. The lowest BCUT2D eigenvalue weighted by Crippen LogP contribution is -2.15. The SMILES string of the molecule is CC1(C)c2cc3c4ccccc4c4ccccc4c3cc2-c2c1cc(-c1c3ccccc3c(-c3ccc(-c4ccc5ccccc5c4)cc3)c3ccccc13)c1ccccc21. The molecule has 12 aromatic carbocycles. The highest BCUT2D eigenvalue weighted by Crippen LogP contribution is 2.56. The summed E-state index contributed by atoms with van der Waals surface area (Å²) in [6.45, 7) is 4.87. The van der Waals surface area contributed by atoms with Crippen molar-refractivity contribution in [2.75, 3.05) is 0 Å². The van der Waals surface area contributed by atoms with Crippen molar-refractivity contribution in [3.05, 3.63) is 217 Å². The van der Waals surface area contributed by atoms with Crippen molar-refractivity contribution in [3.8, 4) is 44.5 Å². The molecule has 0 unspecified atom stereocenters. The van der Waals surface area contributed by atoms with E-state index in [1.807, 2.05) is 0 Å². The average molecular weight is 773 g/mol. The van der Waals surface area contributed by atoms with Gasteiger partial charge in [-0.15, -0.1) is 0 Å². The molecule has 0 radical (unpaired) electrons. The molecule has 0 saturated heterocycles. The van der Waals surface area contributed by atoms with Crippen LogP contribution in [0.15, 0.2) is 206 Å². The standard InChI is InChI=1S/C61H40/c1-61(2)56-35-53-45-20-8-6-18-43(45)42-17-5-7-19-44(42)52(53)34-55(56)60-47-22-10-9-21-46(47)54(36-57(60)61)59-50-25-13-11-23-48(50)58(49-24-12-14-26-51(49)59)39-30-27-38(28-31-39)41-32-29-37-15-3-4-16-40(37)33-41/h3-36H,1-2H3. The van der Waals surface area contributed by atoms with Gasteiger partial charge in [0.05, 0.1) is 0 Å². The summed E-state index contributed by atoms with van der Waals surface area (Å²) in [5, 5.41) is 18.1. The lowest BCUT2D eigenvalue weighted by molar-refractivity contribution is 0.662. The van der Waals surface area contributed by atoms with Gasteiger partial charge in [-0.2, -0.15) is 0 Å². The van der Waals surface area contributed by atoms with Gasteiger partial charge in [0.15, 0.2) is 0 Å². The Morgan fingerprint density at radius 1 is 0.246 bits per heavy atom. The summed E-state index contributed by atoms with van der Waals surface area (Å²) in [7, 11) is 0. The molecule has 0 nitrogen and oxygen atoms in total. The minimum atomic E-state index is -0.220. The fourth-order valence-corrected chi connectivity index (χ4v) is 11.1. The number of benzene rings is 12. The van der Waals surface area contributed by atoms with Crippen molar-refractivity contribution >= 4 is 75.4 Å². The van der Waals surface area contributed by atoms with Crippen LogP contribution in [0.5, 0.6) is 0 Å². The molecule has 284 valence electrons. The second kappa shape index (κ2) is 12.7. The maximum Gasteiger partial charge on any atom is 0.0159 e. The van der Waals surface area contributed by atoms with Crippen LogP contribution in [0, 0.1) is 0 Å². The largest absolute Gasteiger partial charge is 0.0616 e. The smallest absolute Gasteiger partial charge is 0.0159 e. The Balaban J connectivity index is 1.05. The van der Waals surface area contributed by atoms with E-state index >= 15 is 0 Å². The highest BCUT2D eigenvalue weighted by molar-refractivity contribution is 6.28. The van der Waals surface area contributed by atoms with Crippen LogP contribution in [0.3, 0.4) is 0 Å². The molecule has 0 saturated carbocycles. The third-order valence-electron chi connectivity index (χ3n) is 14.0. The molecule has 0 N–H and O–H groups in total. The van der Waals surface area contributed by atoms with Crippen molar-refractivity contribution in [1.82, 2.24) is 0 Å². The molecular weight excluding hydrogens is 733 g/mol. The molecule has 0 bridgehead atoms. The van der Waals surface area contributed by atoms with E-state index in [1.54, 1.807) is 0 Å². The first-order chi connectivity index (χ1) is 30.0. The Hall–Kier alpha value is -7.54. The minimum absolute atomic E-state index is 0.220. The summed E-state index contributed by atoms with van der Waals surface area (Å²) in [5.74, 6) is 0. The molecule has 0 atom stereocenters. The molecular formula is C61H40. The first-order valence-corrected chi connectivity index (χ1v) is 21.5. The summed E-state index contributed by atoms with van der Waals surface area (Å²) < 4.78 is 0. The first kappa shape index (κ1) is 34.3. The molecule has 61 heavy (non-hydrogen) atoms. The van der Waals surface area contributed by atoms with Gasteiger partial charge in [0.25, 0.3) is 0 Å². The Kier molecular flexibility index (Phi) is 7.17. The van der Waals surface area contributed by atoms with Gasteiger partial charge < -0.3 is 0 Å². The Morgan fingerprint density at radius 2 is 0.672 bits per heavy atom. The summed E-state index contributed by atoms with van der Waals surface area (Å²) in [6, 6.07) is 77.4. The zero-order valence-corrected chi connectivity index (χ0v) is 34.1. The number of hydrogen-bond acceptors (Lipinski definition) is 0. The van der Waals surface area contributed by atoms with Gasteiger partial charge in [0, 0.05) is 5.41 Å². The van der Waals surface area contributed by atoms with Gasteiger partial charge in [-0.25, -0.2) is 0 Å². The van der Waals surface area contributed by atoms with Crippen molar-refractivity contribution in [2.24, 2.45) is 0 Å². The van der Waals surface area contributed by atoms with Crippen LogP contribution in [0.2, 0.25) is 0 Å². The fraction of sp³-hybridized carbons (Fsp3) is 0.0492. The van der Waals surface area contributed by atoms with E-state index in [9.17, 15) is 0 Å². The minimum Gasteiger partial charge on any atom is -0.0616 e. The second-order valence-corrected chi connectivity index (χ2v) is 17.5. The van der Waals surface area contributed by atoms with E-state index in [0.29, 0.717) is 0 Å². The van der Waals surface area contributed by atoms with E-state index in [2.05, 4.69) is 220 Å². The molecule has 0 heterocycles. The third kappa shape index (κ3) is 4.88. The molecule has 0 aliphatic heterocycles. The van der Waals surface area contributed by atoms with Crippen LogP contribution < -0.4 is 0 Å². The van der Waals surface area contributed by atoms with Crippen LogP contribution in [0.25, 0.3) is 120 Å². The quantitative estimate of drug-likeness (QED) is 0.124. The van der Waals surface area contributed by atoms with E-state index < -0.39 is 0 Å². The van der Waals surface area contributed by atoms with E-state index in [1.165, 1.54) is 131 Å². The summed E-state index contributed by atoms with van der Waals surface area (Å²) >= 11 is 0. The molecule has 13 rings (SSSR count). The number of hydrogen-bond donors (Lipinski definition) is 0. The van der Waals surface area contributed by atoms with Gasteiger partial charge in [0.2, 0.25) is 0 Å². The highest BCUT2D eigenvalue weighted by Gasteiger charge is 2.38.